The Hall–Kier alpha value is -0.970. The number of rotatable bonds is 3. The molecule has 1 fully saturated rings. The Morgan fingerprint density at radius 1 is 1.58 bits per heavy atom. The molecule has 0 radical (unpaired) electrons. The Balaban J connectivity index is 2.46. The van der Waals surface area contributed by atoms with Gasteiger partial charge < -0.3 is 14.9 Å². The molecule has 0 aliphatic carbocycles. The second kappa shape index (κ2) is 5.57. The number of aromatic nitrogens is 2. The second-order valence-corrected chi connectivity index (χ2v) is 5.58. The molecular formula is C11H13IN2O5. The van der Waals surface area contributed by atoms with Crippen molar-refractivity contribution < 1.29 is 14.9 Å². The van der Waals surface area contributed by atoms with Crippen LogP contribution in [0.25, 0.3) is 6.08 Å². The van der Waals surface area contributed by atoms with Crippen LogP contribution in [0.3, 0.4) is 0 Å². The van der Waals surface area contributed by atoms with Gasteiger partial charge in [-0.2, -0.15) is 0 Å². The van der Waals surface area contributed by atoms with E-state index in [1.165, 1.54) is 16.8 Å². The van der Waals surface area contributed by atoms with E-state index in [2.05, 4.69) is 11.6 Å². The number of nitrogens with one attached hydrogen (secondary N) is 1. The van der Waals surface area contributed by atoms with E-state index in [0.29, 0.717) is 0 Å². The van der Waals surface area contributed by atoms with Gasteiger partial charge in [0.2, 0.25) is 0 Å². The molecule has 2 heterocycles. The Bertz CT molecular complexity index is 595. The van der Waals surface area contributed by atoms with Crippen molar-refractivity contribution in [3.8, 4) is 0 Å². The molecular weight excluding hydrogens is 367 g/mol. The maximum Gasteiger partial charge on any atom is 0.330 e. The summed E-state index contributed by atoms with van der Waals surface area (Å²) in [5.74, 6) is 0. The average molecular weight is 380 g/mol. The number of halogens is 1. The first-order valence-electron chi connectivity index (χ1n) is 5.56. The fourth-order valence-electron chi connectivity index (χ4n) is 1.91. The minimum Gasteiger partial charge on any atom is -0.394 e. The van der Waals surface area contributed by atoms with E-state index < -0.39 is 33.6 Å². The summed E-state index contributed by atoms with van der Waals surface area (Å²) in [6.45, 7) is 3.14. The zero-order valence-electron chi connectivity index (χ0n) is 9.82. The summed E-state index contributed by atoms with van der Waals surface area (Å²) in [6.07, 6.45) is 0.262. The third kappa shape index (κ3) is 2.53. The van der Waals surface area contributed by atoms with Crippen molar-refractivity contribution in [1.29, 1.82) is 0 Å². The van der Waals surface area contributed by atoms with Gasteiger partial charge in [0.25, 0.3) is 5.56 Å². The summed E-state index contributed by atoms with van der Waals surface area (Å²) in [5, 5.41) is 18.9. The first-order valence-corrected chi connectivity index (χ1v) is 6.80. The maximum atomic E-state index is 11.8. The lowest BCUT2D eigenvalue weighted by molar-refractivity contribution is -0.0456. The molecule has 7 nitrogen and oxygen atoms in total. The predicted octanol–water partition coefficient (Wildman–Crippen LogP) is -0.766. The smallest absolute Gasteiger partial charge is 0.330 e. The minimum absolute atomic E-state index is 0.230. The van der Waals surface area contributed by atoms with Crippen molar-refractivity contribution in [3.63, 3.8) is 0 Å². The van der Waals surface area contributed by atoms with Crippen LogP contribution in [0.2, 0.25) is 0 Å². The fourth-order valence-corrected chi connectivity index (χ4v) is 2.89. The van der Waals surface area contributed by atoms with Gasteiger partial charge in [-0.25, -0.2) is 4.79 Å². The molecule has 1 aliphatic rings. The largest absolute Gasteiger partial charge is 0.394 e. The summed E-state index contributed by atoms with van der Waals surface area (Å²) in [7, 11) is 0. The van der Waals surface area contributed by atoms with Crippen LogP contribution in [0.5, 0.6) is 0 Å². The van der Waals surface area contributed by atoms with Crippen LogP contribution in [0.4, 0.5) is 0 Å². The highest BCUT2D eigenvalue weighted by Gasteiger charge is 2.43. The van der Waals surface area contributed by atoms with Crippen molar-refractivity contribution in [2.24, 2.45) is 0 Å². The van der Waals surface area contributed by atoms with Crippen LogP contribution in [0.15, 0.2) is 22.4 Å². The maximum absolute atomic E-state index is 11.8. The van der Waals surface area contributed by atoms with Crippen molar-refractivity contribution in [2.45, 2.75) is 22.4 Å². The number of alkyl halides is 1. The van der Waals surface area contributed by atoms with Crippen molar-refractivity contribution >= 4 is 28.7 Å². The van der Waals surface area contributed by atoms with Crippen LogP contribution >= 0.6 is 22.6 Å². The highest BCUT2D eigenvalue weighted by molar-refractivity contribution is 14.1. The van der Waals surface area contributed by atoms with Crippen LogP contribution in [-0.4, -0.2) is 42.5 Å². The Morgan fingerprint density at radius 3 is 2.79 bits per heavy atom. The van der Waals surface area contributed by atoms with Gasteiger partial charge in [-0.15, -0.1) is 0 Å². The molecule has 1 unspecified atom stereocenters. The summed E-state index contributed by atoms with van der Waals surface area (Å²) >= 11 is 1.95. The van der Waals surface area contributed by atoms with Gasteiger partial charge in [-0.05, 0) is 0 Å². The van der Waals surface area contributed by atoms with E-state index in [0.717, 1.165) is 0 Å². The van der Waals surface area contributed by atoms with E-state index in [9.17, 15) is 14.7 Å². The molecule has 19 heavy (non-hydrogen) atoms. The van der Waals surface area contributed by atoms with Gasteiger partial charge in [0.15, 0.2) is 6.23 Å². The van der Waals surface area contributed by atoms with Crippen LogP contribution in [-0.2, 0) is 4.74 Å². The zero-order chi connectivity index (χ0) is 14.2. The molecule has 2 rings (SSSR count). The normalized spacial score (nSPS) is 30.5. The van der Waals surface area contributed by atoms with Gasteiger partial charge in [0.1, 0.15) is 6.10 Å². The van der Waals surface area contributed by atoms with E-state index in [4.69, 9.17) is 9.84 Å². The molecule has 1 aliphatic heterocycles. The predicted molar refractivity (Wildman–Crippen MR) is 76.2 cm³/mol. The van der Waals surface area contributed by atoms with E-state index >= 15 is 0 Å². The lowest BCUT2D eigenvalue weighted by Gasteiger charge is -2.17. The minimum atomic E-state index is -0.887. The van der Waals surface area contributed by atoms with Gasteiger partial charge >= 0.3 is 5.69 Å². The molecule has 4 atom stereocenters. The van der Waals surface area contributed by atoms with Crippen LogP contribution < -0.4 is 11.2 Å². The van der Waals surface area contributed by atoms with Gasteiger partial charge in [-0.3, -0.25) is 14.3 Å². The first-order chi connectivity index (χ1) is 8.99. The van der Waals surface area contributed by atoms with Crippen LogP contribution in [0.1, 0.15) is 11.8 Å². The summed E-state index contributed by atoms with van der Waals surface area (Å²) in [6, 6.07) is 0. The molecule has 0 bridgehead atoms. The number of hydrogen-bond acceptors (Lipinski definition) is 5. The van der Waals surface area contributed by atoms with Gasteiger partial charge in [0.05, 0.1) is 22.2 Å². The first kappa shape index (κ1) is 14.4. The standard InChI is InChI=1S/C11H13IN2O5/c1-2-5-3-14(11(18)13-9(5)17)10-7(12)8(16)6(4-15)19-10/h2-3,6-8,10,15-16H,1,4H2,(H,13,17,18)/t6-,7?,8-,10-/m1/s1. The monoisotopic (exact) mass is 380 g/mol. The number of ether oxygens (including phenoxy) is 1. The lowest BCUT2D eigenvalue weighted by Crippen LogP contribution is -2.36. The molecule has 1 aromatic heterocycles. The quantitative estimate of drug-likeness (QED) is 0.472. The summed E-state index contributed by atoms with van der Waals surface area (Å²) in [4.78, 5) is 25.4. The average Bonchev–Trinajstić information content (AvgIpc) is 2.67. The SMILES string of the molecule is C=Cc1cn([C@@H]2O[C@H](CO)[C@@H](O)C2I)c(=O)[nH]c1=O. The number of hydrogen-bond donors (Lipinski definition) is 3. The van der Waals surface area contributed by atoms with Crippen LogP contribution in [0, 0.1) is 0 Å². The highest BCUT2D eigenvalue weighted by atomic mass is 127. The third-order valence-corrected chi connectivity index (χ3v) is 4.32. The van der Waals surface area contributed by atoms with Crippen molar-refractivity contribution in [1.82, 2.24) is 9.55 Å². The van der Waals surface area contributed by atoms with Gasteiger partial charge in [0, 0.05) is 6.20 Å². The third-order valence-electron chi connectivity index (χ3n) is 2.96. The fraction of sp³-hybridized carbons (Fsp3) is 0.455. The molecule has 0 saturated carbocycles. The topological polar surface area (TPSA) is 105 Å². The molecule has 0 aromatic carbocycles. The number of aliphatic hydroxyl groups is 2. The Morgan fingerprint density at radius 2 is 2.26 bits per heavy atom. The molecule has 3 N–H and O–H groups in total. The Labute approximate surface area is 121 Å². The Kier molecular flexibility index (Phi) is 4.23. The van der Waals surface area contributed by atoms with E-state index in [1.54, 1.807) is 0 Å². The number of aliphatic hydroxyl groups excluding tert-OH is 2. The van der Waals surface area contributed by atoms with Crippen molar-refractivity contribution in [2.75, 3.05) is 6.61 Å². The summed E-state index contributed by atoms with van der Waals surface area (Å²) < 4.78 is 6.21. The van der Waals surface area contributed by atoms with E-state index in [1.807, 2.05) is 22.6 Å². The second-order valence-electron chi connectivity index (χ2n) is 4.14. The number of nitrogens with zero attached hydrogens (tertiary/aromatic N) is 1. The summed E-state index contributed by atoms with van der Waals surface area (Å²) in [5.41, 5.74) is -0.930. The molecule has 1 aromatic rings. The molecule has 8 heteroatoms. The van der Waals surface area contributed by atoms with E-state index in [-0.39, 0.29) is 12.2 Å². The van der Waals surface area contributed by atoms with Crippen molar-refractivity contribution in [3.05, 3.63) is 39.2 Å². The molecule has 1 saturated heterocycles. The molecule has 104 valence electrons. The highest BCUT2D eigenvalue weighted by Crippen LogP contribution is 2.33. The number of aromatic amines is 1. The zero-order valence-corrected chi connectivity index (χ0v) is 12.0. The number of H-pyrrole nitrogens is 1. The van der Waals surface area contributed by atoms with Gasteiger partial charge in [-0.1, -0.05) is 35.2 Å². The molecule has 0 amide bonds. The lowest BCUT2D eigenvalue weighted by atomic mass is 10.2. The molecule has 0 spiro atoms.